The molecule has 0 radical (unpaired) electrons. The Morgan fingerprint density at radius 1 is 1.13 bits per heavy atom. The van der Waals surface area contributed by atoms with Crippen LogP contribution in [0.4, 0.5) is 5.69 Å². The van der Waals surface area contributed by atoms with Gasteiger partial charge in [0.1, 0.15) is 0 Å². The fourth-order valence-corrected chi connectivity index (χ4v) is 4.53. The molecule has 0 fully saturated rings. The van der Waals surface area contributed by atoms with Crippen LogP contribution in [0.25, 0.3) is 0 Å². The summed E-state index contributed by atoms with van der Waals surface area (Å²) in [5, 5.41) is 0. The lowest BCUT2D eigenvalue weighted by atomic mass is 10.0. The van der Waals surface area contributed by atoms with Gasteiger partial charge in [0.2, 0.25) is 0 Å². The van der Waals surface area contributed by atoms with Gasteiger partial charge in [-0.15, -0.1) is 0 Å². The third-order valence-corrected chi connectivity index (χ3v) is 5.95. The average molecular weight is 329 g/mol. The lowest BCUT2D eigenvalue weighted by Gasteiger charge is -2.30. The maximum atomic E-state index is 13.0. The summed E-state index contributed by atoms with van der Waals surface area (Å²) in [5.41, 5.74) is 3.34. The van der Waals surface area contributed by atoms with Gasteiger partial charge in [0.15, 0.2) is 5.78 Å². The number of hydrogen-bond acceptors (Lipinski definition) is 3. The van der Waals surface area contributed by atoms with Gasteiger partial charge < -0.3 is 0 Å². The Labute approximate surface area is 136 Å². The number of hydrogen-bond donors (Lipinski definition) is 0. The highest BCUT2D eigenvalue weighted by atomic mass is 32.2. The number of benzene rings is 2. The monoisotopic (exact) mass is 329 g/mol. The van der Waals surface area contributed by atoms with Gasteiger partial charge in [-0.05, 0) is 50.5 Å². The summed E-state index contributed by atoms with van der Waals surface area (Å²) in [4.78, 5) is 11.7. The molecule has 3 rings (SSSR count). The zero-order valence-electron chi connectivity index (χ0n) is 13.2. The van der Waals surface area contributed by atoms with Crippen LogP contribution in [0.15, 0.2) is 47.4 Å². The molecule has 23 heavy (non-hydrogen) atoms. The van der Waals surface area contributed by atoms with Gasteiger partial charge in [-0.25, -0.2) is 8.42 Å². The first-order chi connectivity index (χ1) is 10.9. The fourth-order valence-electron chi connectivity index (χ4n) is 2.94. The third-order valence-electron chi connectivity index (χ3n) is 4.14. The molecule has 0 N–H and O–H groups in total. The predicted octanol–water partition coefficient (Wildman–Crippen LogP) is 3.34. The van der Waals surface area contributed by atoms with Crippen molar-refractivity contribution in [3.05, 3.63) is 59.2 Å². The first-order valence-electron chi connectivity index (χ1n) is 7.63. The quantitative estimate of drug-likeness (QED) is 0.812. The molecule has 2 aromatic rings. The molecule has 5 heteroatoms. The highest BCUT2D eigenvalue weighted by molar-refractivity contribution is 7.92. The van der Waals surface area contributed by atoms with Crippen molar-refractivity contribution < 1.29 is 13.2 Å². The molecule has 0 atom stereocenters. The summed E-state index contributed by atoms with van der Waals surface area (Å²) >= 11 is 0. The molecule has 0 amide bonds. The number of nitrogens with zero attached hydrogens (tertiary/aromatic N) is 1. The molecule has 0 saturated heterocycles. The summed E-state index contributed by atoms with van der Waals surface area (Å²) in [6.07, 6.45) is 1.68. The zero-order valence-corrected chi connectivity index (χ0v) is 14.1. The van der Waals surface area contributed by atoms with Gasteiger partial charge in [-0.2, -0.15) is 0 Å². The number of ketones is 1. The Hall–Kier alpha value is -2.14. The first-order valence-corrected chi connectivity index (χ1v) is 9.07. The van der Waals surface area contributed by atoms with Crippen molar-refractivity contribution in [1.82, 2.24) is 0 Å². The van der Waals surface area contributed by atoms with Crippen LogP contribution in [0.1, 0.15) is 34.8 Å². The van der Waals surface area contributed by atoms with Crippen molar-refractivity contribution in [2.75, 3.05) is 10.8 Å². The summed E-state index contributed by atoms with van der Waals surface area (Å²) in [5.74, 6) is -0.142. The van der Waals surface area contributed by atoms with Crippen molar-refractivity contribution in [2.45, 2.75) is 31.6 Å². The normalized spacial score (nSPS) is 14.4. The van der Waals surface area contributed by atoms with Crippen molar-refractivity contribution in [2.24, 2.45) is 0 Å². The summed E-state index contributed by atoms with van der Waals surface area (Å²) < 4.78 is 27.5. The SMILES string of the molecule is CC(=O)c1cccc(S(=O)(=O)N2CCCc3cc(C)ccc32)c1. The third kappa shape index (κ3) is 2.88. The molecule has 1 aliphatic heterocycles. The van der Waals surface area contributed by atoms with Gasteiger partial charge >= 0.3 is 0 Å². The number of carbonyl (C=O) groups is 1. The molecule has 0 unspecified atom stereocenters. The van der Waals surface area contributed by atoms with Crippen LogP contribution in [0, 0.1) is 6.92 Å². The topological polar surface area (TPSA) is 54.5 Å². The van der Waals surface area contributed by atoms with Crippen LogP contribution in [-0.4, -0.2) is 20.7 Å². The minimum Gasteiger partial charge on any atom is -0.295 e. The molecular formula is C18H19NO3S. The number of sulfonamides is 1. The van der Waals surface area contributed by atoms with E-state index in [1.165, 1.54) is 17.3 Å². The van der Waals surface area contributed by atoms with E-state index in [1.54, 1.807) is 18.2 Å². The van der Waals surface area contributed by atoms with Crippen molar-refractivity contribution in [3.63, 3.8) is 0 Å². The van der Waals surface area contributed by atoms with E-state index in [4.69, 9.17) is 0 Å². The lowest BCUT2D eigenvalue weighted by molar-refractivity contribution is 0.101. The molecule has 0 spiro atoms. The lowest BCUT2D eigenvalue weighted by Crippen LogP contribution is -2.35. The van der Waals surface area contributed by atoms with Gasteiger partial charge in [0.05, 0.1) is 10.6 Å². The Kier molecular flexibility index (Phi) is 3.98. The van der Waals surface area contributed by atoms with Crippen molar-refractivity contribution in [3.8, 4) is 0 Å². The molecule has 4 nitrogen and oxygen atoms in total. The summed E-state index contributed by atoms with van der Waals surface area (Å²) in [6.45, 7) is 3.90. The second-order valence-corrected chi connectivity index (χ2v) is 7.76. The van der Waals surface area contributed by atoms with Gasteiger partial charge in [-0.1, -0.05) is 29.8 Å². The minimum atomic E-state index is -3.66. The van der Waals surface area contributed by atoms with E-state index in [0.717, 1.165) is 29.7 Å². The summed E-state index contributed by atoms with van der Waals surface area (Å²) in [7, 11) is -3.66. The van der Waals surface area contributed by atoms with Crippen LogP contribution in [0.2, 0.25) is 0 Å². The number of fused-ring (bicyclic) bond motifs is 1. The standard InChI is InChI=1S/C18H19NO3S/c1-13-8-9-18-16(11-13)6-4-10-19(18)23(21,22)17-7-3-5-15(12-17)14(2)20/h3,5,7-9,11-12H,4,6,10H2,1-2H3. The van der Waals surface area contributed by atoms with E-state index in [1.807, 2.05) is 25.1 Å². The first kappa shape index (κ1) is 15.7. The molecule has 0 aromatic heterocycles. The molecule has 0 aliphatic carbocycles. The van der Waals surface area contributed by atoms with E-state index in [9.17, 15) is 13.2 Å². The van der Waals surface area contributed by atoms with Gasteiger partial charge in [0.25, 0.3) is 10.0 Å². The number of rotatable bonds is 3. The Balaban J connectivity index is 2.08. The van der Waals surface area contributed by atoms with E-state index in [2.05, 4.69) is 0 Å². The van der Waals surface area contributed by atoms with Crippen LogP contribution >= 0.6 is 0 Å². The van der Waals surface area contributed by atoms with E-state index in [0.29, 0.717) is 12.1 Å². The molecule has 1 heterocycles. The fraction of sp³-hybridized carbons (Fsp3) is 0.278. The number of aryl methyl sites for hydroxylation is 2. The molecule has 0 saturated carbocycles. The number of Topliss-reactive ketones (excluding diaryl/α,β-unsaturated/α-hetero) is 1. The van der Waals surface area contributed by atoms with Crippen molar-refractivity contribution in [1.29, 1.82) is 0 Å². The highest BCUT2D eigenvalue weighted by Crippen LogP contribution is 2.32. The van der Waals surface area contributed by atoms with Crippen LogP contribution in [-0.2, 0) is 16.4 Å². The van der Waals surface area contributed by atoms with E-state index >= 15 is 0 Å². The summed E-state index contributed by atoms with van der Waals surface area (Å²) in [6, 6.07) is 12.1. The second-order valence-electron chi connectivity index (χ2n) is 5.90. The molecule has 120 valence electrons. The van der Waals surface area contributed by atoms with E-state index < -0.39 is 10.0 Å². The Bertz CT molecular complexity index is 872. The van der Waals surface area contributed by atoms with Gasteiger partial charge in [-0.3, -0.25) is 9.10 Å². The number of carbonyl (C=O) groups excluding carboxylic acids is 1. The maximum absolute atomic E-state index is 13.0. The molecule has 0 bridgehead atoms. The Morgan fingerprint density at radius 2 is 1.91 bits per heavy atom. The zero-order chi connectivity index (χ0) is 16.6. The van der Waals surface area contributed by atoms with Gasteiger partial charge in [0, 0.05) is 12.1 Å². The molecule has 2 aromatic carbocycles. The smallest absolute Gasteiger partial charge is 0.264 e. The molecular weight excluding hydrogens is 310 g/mol. The highest BCUT2D eigenvalue weighted by Gasteiger charge is 2.29. The second kappa shape index (κ2) is 5.81. The Morgan fingerprint density at radius 3 is 2.65 bits per heavy atom. The number of anilines is 1. The van der Waals surface area contributed by atoms with Crippen molar-refractivity contribution >= 4 is 21.5 Å². The van der Waals surface area contributed by atoms with E-state index in [-0.39, 0.29) is 10.7 Å². The minimum absolute atomic E-state index is 0.142. The largest absolute Gasteiger partial charge is 0.295 e. The average Bonchev–Trinajstić information content (AvgIpc) is 2.54. The van der Waals surface area contributed by atoms with Crippen LogP contribution in [0.3, 0.4) is 0 Å². The van der Waals surface area contributed by atoms with Crippen LogP contribution < -0.4 is 4.31 Å². The van der Waals surface area contributed by atoms with Crippen LogP contribution in [0.5, 0.6) is 0 Å². The molecule has 1 aliphatic rings. The predicted molar refractivity (Wildman–Crippen MR) is 90.5 cm³/mol. The maximum Gasteiger partial charge on any atom is 0.264 e.